The highest BCUT2D eigenvalue weighted by Gasteiger charge is 2.51. The summed E-state index contributed by atoms with van der Waals surface area (Å²) in [4.78, 5) is 27.6. The summed E-state index contributed by atoms with van der Waals surface area (Å²) in [5, 5.41) is 3.04. The average Bonchev–Trinajstić information content (AvgIpc) is 3.56. The van der Waals surface area contributed by atoms with Crippen LogP contribution in [0.15, 0.2) is 53.0 Å². The molecule has 0 saturated heterocycles. The summed E-state index contributed by atoms with van der Waals surface area (Å²) in [6, 6.07) is 15.6. The Labute approximate surface area is 180 Å². The van der Waals surface area contributed by atoms with E-state index < -0.39 is 5.41 Å². The summed E-state index contributed by atoms with van der Waals surface area (Å²) in [5.74, 6) is 0.0847. The van der Waals surface area contributed by atoms with Gasteiger partial charge in [0.1, 0.15) is 0 Å². The fraction of sp³-hybridized carbons (Fsp3) is 0.417. The third-order valence-electron chi connectivity index (χ3n) is 6.41. The molecule has 0 radical (unpaired) electrons. The zero-order valence-corrected chi connectivity index (χ0v) is 18.4. The Kier molecular flexibility index (Phi) is 5.77. The summed E-state index contributed by atoms with van der Waals surface area (Å²) in [6.45, 7) is 0. The second-order valence-electron chi connectivity index (χ2n) is 8.33. The Balaban J connectivity index is 1.41. The van der Waals surface area contributed by atoms with Crippen molar-refractivity contribution in [3.05, 3.63) is 64.1 Å². The molecule has 2 aromatic carbocycles. The molecule has 1 N–H and O–H groups in total. The van der Waals surface area contributed by atoms with E-state index in [1.807, 2.05) is 60.5 Å². The molecule has 0 bridgehead atoms. The zero-order valence-electron chi connectivity index (χ0n) is 16.8. The van der Waals surface area contributed by atoms with Gasteiger partial charge in [-0.05, 0) is 67.6 Å². The van der Waals surface area contributed by atoms with E-state index in [9.17, 15) is 9.59 Å². The Morgan fingerprint density at radius 3 is 2.17 bits per heavy atom. The maximum atomic E-state index is 12.9. The summed E-state index contributed by atoms with van der Waals surface area (Å²) >= 11 is 3.45. The monoisotopic (exact) mass is 454 g/mol. The van der Waals surface area contributed by atoms with Crippen molar-refractivity contribution in [2.45, 2.75) is 56.4 Å². The van der Waals surface area contributed by atoms with Crippen LogP contribution in [0.4, 0.5) is 5.69 Å². The topological polar surface area (TPSA) is 49.4 Å². The predicted octanol–water partition coefficient (Wildman–Crippen LogP) is 5.52. The molecule has 5 heteroatoms. The lowest BCUT2D eigenvalue weighted by Gasteiger charge is -2.31. The average molecular weight is 455 g/mol. The minimum Gasteiger partial charge on any atom is -0.339 e. The standard InChI is InChI=1S/C24H27BrN2O2/c1-27(21-5-3-2-4-6-21)22(28)17-7-13-20(14-8-17)26-23(29)24(15-16-24)18-9-11-19(25)12-10-18/h7-14,21H,2-6,15-16H2,1H3,(H,26,29). The molecule has 2 saturated carbocycles. The van der Waals surface area contributed by atoms with Gasteiger partial charge in [-0.2, -0.15) is 0 Å². The highest BCUT2D eigenvalue weighted by molar-refractivity contribution is 9.10. The van der Waals surface area contributed by atoms with Crippen molar-refractivity contribution in [2.24, 2.45) is 0 Å². The van der Waals surface area contributed by atoms with Crippen molar-refractivity contribution in [1.82, 2.24) is 4.90 Å². The molecule has 152 valence electrons. The Morgan fingerprint density at radius 2 is 1.59 bits per heavy atom. The van der Waals surface area contributed by atoms with E-state index in [-0.39, 0.29) is 11.8 Å². The number of rotatable bonds is 5. The normalized spacial score (nSPS) is 18.1. The molecule has 2 aliphatic rings. The molecular weight excluding hydrogens is 428 g/mol. The number of halogens is 1. The second kappa shape index (κ2) is 8.31. The lowest BCUT2D eigenvalue weighted by Crippen LogP contribution is -2.38. The van der Waals surface area contributed by atoms with Gasteiger partial charge < -0.3 is 10.2 Å². The van der Waals surface area contributed by atoms with Crippen LogP contribution in [-0.4, -0.2) is 29.8 Å². The first-order valence-corrected chi connectivity index (χ1v) is 11.2. The number of hydrogen-bond acceptors (Lipinski definition) is 2. The molecule has 0 spiro atoms. The van der Waals surface area contributed by atoms with Gasteiger partial charge in [0.25, 0.3) is 5.91 Å². The minimum atomic E-state index is -0.420. The number of carbonyl (C=O) groups is 2. The smallest absolute Gasteiger partial charge is 0.253 e. The third-order valence-corrected chi connectivity index (χ3v) is 6.94. The van der Waals surface area contributed by atoms with Crippen LogP contribution in [-0.2, 0) is 10.2 Å². The largest absolute Gasteiger partial charge is 0.339 e. The van der Waals surface area contributed by atoms with E-state index in [1.165, 1.54) is 19.3 Å². The maximum Gasteiger partial charge on any atom is 0.253 e. The fourth-order valence-electron chi connectivity index (χ4n) is 4.33. The van der Waals surface area contributed by atoms with Crippen molar-refractivity contribution in [2.75, 3.05) is 12.4 Å². The van der Waals surface area contributed by atoms with Gasteiger partial charge in [-0.25, -0.2) is 0 Å². The highest BCUT2D eigenvalue weighted by Crippen LogP contribution is 2.49. The molecule has 29 heavy (non-hydrogen) atoms. The van der Waals surface area contributed by atoms with E-state index in [0.717, 1.165) is 41.4 Å². The summed E-state index contributed by atoms with van der Waals surface area (Å²) in [7, 11) is 1.91. The highest BCUT2D eigenvalue weighted by atomic mass is 79.9. The van der Waals surface area contributed by atoms with Gasteiger partial charge in [-0.15, -0.1) is 0 Å². The van der Waals surface area contributed by atoms with Crippen LogP contribution in [0.2, 0.25) is 0 Å². The number of hydrogen-bond donors (Lipinski definition) is 1. The van der Waals surface area contributed by atoms with E-state index in [1.54, 1.807) is 0 Å². The van der Waals surface area contributed by atoms with Gasteiger partial charge in [-0.1, -0.05) is 47.3 Å². The van der Waals surface area contributed by atoms with E-state index in [4.69, 9.17) is 0 Å². The lowest BCUT2D eigenvalue weighted by molar-refractivity contribution is -0.118. The second-order valence-corrected chi connectivity index (χ2v) is 9.24. The molecule has 0 aliphatic heterocycles. The molecular formula is C24H27BrN2O2. The van der Waals surface area contributed by atoms with Crippen LogP contribution in [0.3, 0.4) is 0 Å². The van der Waals surface area contributed by atoms with Crippen molar-refractivity contribution < 1.29 is 9.59 Å². The number of benzene rings is 2. The molecule has 0 unspecified atom stereocenters. The van der Waals surface area contributed by atoms with Crippen molar-refractivity contribution in [3.8, 4) is 0 Å². The predicted molar refractivity (Wildman–Crippen MR) is 119 cm³/mol. The molecule has 4 nitrogen and oxygen atoms in total. The van der Waals surface area contributed by atoms with Gasteiger partial charge in [-0.3, -0.25) is 9.59 Å². The van der Waals surface area contributed by atoms with Gasteiger partial charge in [0.15, 0.2) is 0 Å². The SMILES string of the molecule is CN(C(=O)c1ccc(NC(=O)C2(c3ccc(Br)cc3)CC2)cc1)C1CCCCC1. The molecule has 2 amide bonds. The van der Waals surface area contributed by atoms with Crippen LogP contribution in [0.25, 0.3) is 0 Å². The van der Waals surface area contributed by atoms with Crippen LogP contribution in [0, 0.1) is 0 Å². The van der Waals surface area contributed by atoms with Crippen molar-refractivity contribution >= 4 is 33.4 Å². The van der Waals surface area contributed by atoms with Crippen LogP contribution in [0.1, 0.15) is 60.9 Å². The zero-order chi connectivity index (χ0) is 20.4. The number of nitrogens with one attached hydrogen (secondary N) is 1. The van der Waals surface area contributed by atoms with E-state index in [0.29, 0.717) is 11.6 Å². The molecule has 0 heterocycles. The van der Waals surface area contributed by atoms with Gasteiger partial charge in [0, 0.05) is 28.8 Å². The van der Waals surface area contributed by atoms with Crippen molar-refractivity contribution in [1.29, 1.82) is 0 Å². The van der Waals surface area contributed by atoms with Gasteiger partial charge in [0.2, 0.25) is 5.91 Å². The summed E-state index contributed by atoms with van der Waals surface area (Å²) in [6.07, 6.45) is 7.59. The molecule has 4 rings (SSSR count). The molecule has 2 fully saturated rings. The van der Waals surface area contributed by atoms with Crippen molar-refractivity contribution in [3.63, 3.8) is 0 Å². The van der Waals surface area contributed by atoms with Crippen LogP contribution < -0.4 is 5.32 Å². The maximum absolute atomic E-state index is 12.9. The Bertz CT molecular complexity index is 882. The summed E-state index contributed by atoms with van der Waals surface area (Å²) in [5.41, 5.74) is 2.04. The first-order valence-electron chi connectivity index (χ1n) is 10.4. The number of anilines is 1. The third kappa shape index (κ3) is 4.25. The molecule has 0 atom stereocenters. The van der Waals surface area contributed by atoms with E-state index >= 15 is 0 Å². The summed E-state index contributed by atoms with van der Waals surface area (Å²) < 4.78 is 1.01. The van der Waals surface area contributed by atoms with Gasteiger partial charge >= 0.3 is 0 Å². The Morgan fingerprint density at radius 1 is 0.966 bits per heavy atom. The van der Waals surface area contributed by atoms with Crippen LogP contribution >= 0.6 is 15.9 Å². The molecule has 2 aliphatic carbocycles. The number of carbonyl (C=O) groups excluding carboxylic acids is 2. The number of amides is 2. The van der Waals surface area contributed by atoms with Crippen LogP contribution in [0.5, 0.6) is 0 Å². The fourth-order valence-corrected chi connectivity index (χ4v) is 4.59. The quantitative estimate of drug-likeness (QED) is 0.645. The van der Waals surface area contributed by atoms with Gasteiger partial charge in [0.05, 0.1) is 5.41 Å². The lowest BCUT2D eigenvalue weighted by atomic mass is 9.94. The van der Waals surface area contributed by atoms with E-state index in [2.05, 4.69) is 21.2 Å². The first kappa shape index (κ1) is 20.1. The minimum absolute atomic E-state index is 0.0261. The Hall–Kier alpha value is -2.14. The first-order chi connectivity index (χ1) is 14.0. The molecule has 2 aromatic rings. The molecule has 0 aromatic heterocycles. The number of nitrogens with zero attached hydrogens (tertiary/aromatic N) is 1.